The Morgan fingerprint density at radius 3 is 2.55 bits per heavy atom. The normalized spacial score (nSPS) is 20.2. The summed E-state index contributed by atoms with van der Waals surface area (Å²) < 4.78 is 1.88. The van der Waals surface area contributed by atoms with Gasteiger partial charge in [-0.1, -0.05) is 65.3 Å². The highest BCUT2D eigenvalue weighted by Crippen LogP contribution is 2.36. The van der Waals surface area contributed by atoms with E-state index in [1.807, 2.05) is 10.7 Å². The highest BCUT2D eigenvalue weighted by Gasteiger charge is 2.30. The molecule has 1 aliphatic rings. The molecule has 0 spiro atoms. The molecule has 2 atom stereocenters. The molecule has 0 saturated heterocycles. The Balaban J connectivity index is 1.72. The van der Waals surface area contributed by atoms with Gasteiger partial charge in [0.1, 0.15) is 0 Å². The molecule has 5 heteroatoms. The lowest BCUT2D eigenvalue weighted by Crippen LogP contribution is -2.28. The number of hydrogen-bond donors (Lipinski definition) is 1. The van der Waals surface area contributed by atoms with E-state index in [4.69, 9.17) is 0 Å². The van der Waals surface area contributed by atoms with E-state index in [1.54, 1.807) is 0 Å². The highest BCUT2D eigenvalue weighted by molar-refractivity contribution is 5.38. The summed E-state index contributed by atoms with van der Waals surface area (Å²) in [5, 5.41) is 15.5. The molecule has 1 N–H and O–H groups in total. The zero-order valence-electron chi connectivity index (χ0n) is 12.3. The standard InChI is InChI=1S/C17H17N5/c1-12-7-9-13(10-8-12)15-11-16(14-5-3-2-4-6-14)22-17(18-15)19-20-21-22/h2-10,15-16H,11H2,1H3,(H,18,19,21)/t15-,16-/m0/s1. The third kappa shape index (κ3) is 2.24. The molecule has 0 radical (unpaired) electrons. The number of aromatic nitrogens is 4. The van der Waals surface area contributed by atoms with Crippen LogP contribution < -0.4 is 5.32 Å². The molecular formula is C17H17N5. The first-order chi connectivity index (χ1) is 10.8. The highest BCUT2D eigenvalue weighted by atomic mass is 15.6. The van der Waals surface area contributed by atoms with Gasteiger partial charge in [0.15, 0.2) is 0 Å². The van der Waals surface area contributed by atoms with Gasteiger partial charge in [-0.2, -0.15) is 0 Å². The van der Waals surface area contributed by atoms with Gasteiger partial charge in [0.05, 0.1) is 12.1 Å². The maximum Gasteiger partial charge on any atom is 0.243 e. The molecule has 0 aliphatic carbocycles. The second kappa shape index (κ2) is 5.26. The van der Waals surface area contributed by atoms with Crippen LogP contribution in [0.15, 0.2) is 54.6 Å². The van der Waals surface area contributed by atoms with Crippen molar-refractivity contribution in [3.05, 3.63) is 71.3 Å². The maximum absolute atomic E-state index is 4.15. The van der Waals surface area contributed by atoms with E-state index in [9.17, 15) is 0 Å². The zero-order chi connectivity index (χ0) is 14.9. The van der Waals surface area contributed by atoms with E-state index >= 15 is 0 Å². The van der Waals surface area contributed by atoms with Gasteiger partial charge in [-0.25, -0.2) is 4.68 Å². The number of tetrazole rings is 1. The zero-order valence-corrected chi connectivity index (χ0v) is 12.3. The Kier molecular flexibility index (Phi) is 3.11. The molecule has 3 aromatic rings. The smallest absolute Gasteiger partial charge is 0.243 e. The molecule has 0 unspecified atom stereocenters. The van der Waals surface area contributed by atoms with E-state index in [2.05, 4.69) is 76.3 Å². The summed E-state index contributed by atoms with van der Waals surface area (Å²) >= 11 is 0. The quantitative estimate of drug-likeness (QED) is 0.788. The van der Waals surface area contributed by atoms with E-state index in [-0.39, 0.29) is 12.1 Å². The van der Waals surface area contributed by atoms with Crippen molar-refractivity contribution in [2.75, 3.05) is 5.32 Å². The lowest BCUT2D eigenvalue weighted by atomic mass is 9.93. The largest absolute Gasteiger partial charge is 0.346 e. The van der Waals surface area contributed by atoms with Crippen LogP contribution in [0.25, 0.3) is 0 Å². The monoisotopic (exact) mass is 291 g/mol. The fourth-order valence-electron chi connectivity index (χ4n) is 3.01. The minimum absolute atomic E-state index is 0.152. The molecule has 0 fully saturated rings. The third-order valence-electron chi connectivity index (χ3n) is 4.21. The molecule has 4 rings (SSSR count). The molecule has 1 aromatic heterocycles. The Morgan fingerprint density at radius 1 is 1.00 bits per heavy atom. The Bertz CT molecular complexity index is 763. The van der Waals surface area contributed by atoms with Crippen LogP contribution in [0.3, 0.4) is 0 Å². The molecule has 0 bridgehead atoms. The van der Waals surface area contributed by atoms with Crippen LogP contribution >= 0.6 is 0 Å². The first kappa shape index (κ1) is 13.0. The number of fused-ring (bicyclic) bond motifs is 1. The van der Waals surface area contributed by atoms with Gasteiger partial charge in [0.2, 0.25) is 5.95 Å². The average molecular weight is 291 g/mol. The van der Waals surface area contributed by atoms with Crippen molar-refractivity contribution in [1.82, 2.24) is 20.2 Å². The van der Waals surface area contributed by atoms with Gasteiger partial charge in [-0.3, -0.25) is 0 Å². The van der Waals surface area contributed by atoms with Crippen LogP contribution in [0.5, 0.6) is 0 Å². The predicted octanol–water partition coefficient (Wildman–Crippen LogP) is 3.13. The second-order valence-electron chi connectivity index (χ2n) is 5.72. The van der Waals surface area contributed by atoms with Crippen LogP contribution in [0.4, 0.5) is 5.95 Å². The van der Waals surface area contributed by atoms with E-state index < -0.39 is 0 Å². The number of anilines is 1. The minimum Gasteiger partial charge on any atom is -0.346 e. The van der Waals surface area contributed by atoms with Crippen molar-refractivity contribution in [3.63, 3.8) is 0 Å². The van der Waals surface area contributed by atoms with Crippen LogP contribution in [0.2, 0.25) is 0 Å². The summed E-state index contributed by atoms with van der Waals surface area (Å²) in [6.07, 6.45) is 0.922. The third-order valence-corrected chi connectivity index (χ3v) is 4.21. The van der Waals surface area contributed by atoms with E-state index in [0.29, 0.717) is 0 Å². The van der Waals surface area contributed by atoms with Crippen LogP contribution in [0.1, 0.15) is 35.2 Å². The van der Waals surface area contributed by atoms with Gasteiger partial charge in [-0.05, 0) is 34.9 Å². The molecule has 0 saturated carbocycles. The first-order valence-electron chi connectivity index (χ1n) is 7.47. The van der Waals surface area contributed by atoms with Crippen LogP contribution in [0, 0.1) is 6.92 Å². The number of hydrogen-bond acceptors (Lipinski definition) is 4. The lowest BCUT2D eigenvalue weighted by Gasteiger charge is -2.31. The summed E-state index contributed by atoms with van der Waals surface area (Å²) in [5.74, 6) is 0.727. The SMILES string of the molecule is Cc1ccc([C@@H]2C[C@@H](c3ccccc3)n3nnnc3N2)cc1. The number of nitrogens with one attached hydrogen (secondary N) is 1. The fourth-order valence-corrected chi connectivity index (χ4v) is 3.01. The molecule has 1 aliphatic heterocycles. The van der Waals surface area contributed by atoms with Gasteiger partial charge in [-0.15, -0.1) is 0 Å². The summed E-state index contributed by atoms with van der Waals surface area (Å²) in [5.41, 5.74) is 3.76. The molecule has 2 heterocycles. The van der Waals surface area contributed by atoms with E-state index in [0.717, 1.165) is 12.4 Å². The maximum atomic E-state index is 4.15. The fraction of sp³-hybridized carbons (Fsp3) is 0.235. The number of benzene rings is 2. The molecule has 2 aromatic carbocycles. The lowest BCUT2D eigenvalue weighted by molar-refractivity contribution is 0.424. The Labute approximate surface area is 129 Å². The number of aryl methyl sites for hydroxylation is 1. The second-order valence-corrected chi connectivity index (χ2v) is 5.72. The Hall–Kier alpha value is -2.69. The van der Waals surface area contributed by atoms with Gasteiger partial charge < -0.3 is 5.32 Å². The predicted molar refractivity (Wildman–Crippen MR) is 84.6 cm³/mol. The van der Waals surface area contributed by atoms with Crippen molar-refractivity contribution in [2.45, 2.75) is 25.4 Å². The first-order valence-corrected chi connectivity index (χ1v) is 7.47. The van der Waals surface area contributed by atoms with Crippen LogP contribution in [-0.4, -0.2) is 20.2 Å². The number of nitrogens with zero attached hydrogens (tertiary/aromatic N) is 4. The van der Waals surface area contributed by atoms with Crippen molar-refractivity contribution >= 4 is 5.95 Å². The molecular weight excluding hydrogens is 274 g/mol. The summed E-state index contributed by atoms with van der Waals surface area (Å²) in [6.45, 7) is 2.10. The van der Waals surface area contributed by atoms with Crippen LogP contribution in [-0.2, 0) is 0 Å². The summed E-state index contributed by atoms with van der Waals surface area (Å²) in [7, 11) is 0. The molecule has 22 heavy (non-hydrogen) atoms. The van der Waals surface area contributed by atoms with Crippen molar-refractivity contribution in [2.24, 2.45) is 0 Å². The van der Waals surface area contributed by atoms with Gasteiger partial charge >= 0.3 is 0 Å². The minimum atomic E-state index is 0.152. The average Bonchev–Trinajstić information content (AvgIpc) is 3.04. The van der Waals surface area contributed by atoms with Gasteiger partial charge in [0.25, 0.3) is 0 Å². The van der Waals surface area contributed by atoms with E-state index in [1.165, 1.54) is 16.7 Å². The van der Waals surface area contributed by atoms with Gasteiger partial charge in [0, 0.05) is 0 Å². The molecule has 110 valence electrons. The summed E-state index contributed by atoms with van der Waals surface area (Å²) in [4.78, 5) is 0. The van der Waals surface area contributed by atoms with Crippen molar-refractivity contribution in [1.29, 1.82) is 0 Å². The molecule has 0 amide bonds. The summed E-state index contributed by atoms with van der Waals surface area (Å²) in [6, 6.07) is 19.4. The Morgan fingerprint density at radius 2 is 1.77 bits per heavy atom. The van der Waals surface area contributed by atoms with Crippen molar-refractivity contribution < 1.29 is 0 Å². The molecule has 5 nitrogen and oxygen atoms in total. The number of rotatable bonds is 2. The topological polar surface area (TPSA) is 55.6 Å². The van der Waals surface area contributed by atoms with Crippen molar-refractivity contribution in [3.8, 4) is 0 Å².